The van der Waals surface area contributed by atoms with Gasteiger partial charge < -0.3 is 14.2 Å². The lowest BCUT2D eigenvalue weighted by Gasteiger charge is -2.18. The summed E-state index contributed by atoms with van der Waals surface area (Å²) in [5.74, 6) is 0.838. The molecule has 0 saturated carbocycles. The lowest BCUT2D eigenvalue weighted by atomic mass is 9.99. The van der Waals surface area contributed by atoms with Crippen molar-refractivity contribution in [2.45, 2.75) is 304 Å². The van der Waals surface area contributed by atoms with Gasteiger partial charge in [0.05, 0.1) is 0 Å². The van der Waals surface area contributed by atoms with Crippen LogP contribution in [0.4, 0.5) is 0 Å². The van der Waals surface area contributed by atoms with Crippen LogP contribution in [0, 0.1) is 11.8 Å². The standard InChI is InChI=1S/C54H104O6/c1-6-8-9-10-11-12-13-14-17-20-23-29-34-39-44-52(55)58-47-51(60-54(57)46-41-36-31-26-25-28-33-38-43-50(5)7-2)48-59-53(56)45-40-35-30-24-21-18-15-16-19-22-27-32-37-42-49(3)4/h49-51H,6-48H2,1-5H3/t50?,51-/m1/s1. The first-order valence-corrected chi connectivity index (χ1v) is 26.8. The van der Waals surface area contributed by atoms with Crippen LogP contribution in [0.1, 0.15) is 298 Å². The highest BCUT2D eigenvalue weighted by Gasteiger charge is 2.19. The Morgan fingerprint density at radius 3 is 0.950 bits per heavy atom. The van der Waals surface area contributed by atoms with E-state index in [-0.39, 0.29) is 31.1 Å². The van der Waals surface area contributed by atoms with Gasteiger partial charge in [-0.2, -0.15) is 0 Å². The van der Waals surface area contributed by atoms with E-state index in [9.17, 15) is 14.4 Å². The Kier molecular flexibility index (Phi) is 45.7. The van der Waals surface area contributed by atoms with E-state index in [0.29, 0.717) is 19.3 Å². The third-order valence-electron chi connectivity index (χ3n) is 12.6. The van der Waals surface area contributed by atoms with Gasteiger partial charge in [-0.25, -0.2) is 0 Å². The van der Waals surface area contributed by atoms with Gasteiger partial charge in [0.15, 0.2) is 6.10 Å². The molecular formula is C54H104O6. The minimum absolute atomic E-state index is 0.0637. The predicted octanol–water partition coefficient (Wildman–Crippen LogP) is 17.3. The zero-order chi connectivity index (χ0) is 44.0. The van der Waals surface area contributed by atoms with Crippen molar-refractivity contribution in [1.82, 2.24) is 0 Å². The third kappa shape index (κ3) is 45.9. The van der Waals surface area contributed by atoms with Crippen LogP contribution in [0.15, 0.2) is 0 Å². The fraction of sp³-hybridized carbons (Fsp3) is 0.944. The Labute approximate surface area is 374 Å². The van der Waals surface area contributed by atoms with Crippen LogP contribution in [0.25, 0.3) is 0 Å². The summed E-state index contributed by atoms with van der Waals surface area (Å²) < 4.78 is 16.8. The van der Waals surface area contributed by atoms with Crippen LogP contribution in [0.5, 0.6) is 0 Å². The quantitative estimate of drug-likeness (QED) is 0.0345. The second kappa shape index (κ2) is 46.9. The van der Waals surface area contributed by atoms with E-state index >= 15 is 0 Å². The van der Waals surface area contributed by atoms with Gasteiger partial charge in [0, 0.05) is 19.3 Å². The molecule has 0 bridgehead atoms. The first-order chi connectivity index (χ1) is 29.3. The largest absolute Gasteiger partial charge is 0.462 e. The molecule has 0 N–H and O–H groups in total. The Hall–Kier alpha value is -1.59. The average Bonchev–Trinajstić information content (AvgIpc) is 3.23. The van der Waals surface area contributed by atoms with Gasteiger partial charge in [-0.1, -0.05) is 259 Å². The lowest BCUT2D eigenvalue weighted by molar-refractivity contribution is -0.167. The molecule has 0 aromatic carbocycles. The minimum Gasteiger partial charge on any atom is -0.462 e. The molecule has 1 unspecified atom stereocenters. The van der Waals surface area contributed by atoms with Crippen molar-refractivity contribution in [2.24, 2.45) is 11.8 Å². The molecule has 0 aliphatic rings. The van der Waals surface area contributed by atoms with Crippen LogP contribution in [-0.2, 0) is 28.6 Å². The lowest BCUT2D eigenvalue weighted by Crippen LogP contribution is -2.30. The smallest absolute Gasteiger partial charge is 0.306 e. The van der Waals surface area contributed by atoms with Crippen molar-refractivity contribution in [1.29, 1.82) is 0 Å². The van der Waals surface area contributed by atoms with Gasteiger partial charge in [0.2, 0.25) is 0 Å². The van der Waals surface area contributed by atoms with Crippen molar-refractivity contribution >= 4 is 17.9 Å². The molecule has 0 aromatic rings. The number of unbranched alkanes of at least 4 members (excludes halogenated alkanes) is 32. The summed E-state index contributed by atoms with van der Waals surface area (Å²) in [7, 11) is 0. The van der Waals surface area contributed by atoms with Crippen LogP contribution in [-0.4, -0.2) is 37.2 Å². The molecule has 0 aromatic heterocycles. The number of carbonyl (C=O) groups excluding carboxylic acids is 3. The zero-order valence-electron chi connectivity index (χ0n) is 41.1. The van der Waals surface area contributed by atoms with E-state index in [2.05, 4.69) is 34.6 Å². The van der Waals surface area contributed by atoms with Gasteiger partial charge >= 0.3 is 17.9 Å². The normalized spacial score (nSPS) is 12.5. The molecule has 356 valence electrons. The molecule has 0 aliphatic heterocycles. The molecule has 60 heavy (non-hydrogen) atoms. The second-order valence-electron chi connectivity index (χ2n) is 19.2. The highest BCUT2D eigenvalue weighted by molar-refractivity contribution is 5.71. The molecule has 6 heteroatoms. The maximum absolute atomic E-state index is 12.8. The number of ether oxygens (including phenoxy) is 3. The van der Waals surface area contributed by atoms with E-state index in [1.165, 1.54) is 186 Å². The van der Waals surface area contributed by atoms with Gasteiger partial charge in [-0.05, 0) is 31.1 Å². The number of carbonyl (C=O) groups is 3. The van der Waals surface area contributed by atoms with Crippen molar-refractivity contribution < 1.29 is 28.6 Å². The Balaban J connectivity index is 4.30. The molecule has 0 amide bonds. The van der Waals surface area contributed by atoms with Crippen molar-refractivity contribution in [2.75, 3.05) is 13.2 Å². The third-order valence-corrected chi connectivity index (χ3v) is 12.6. The number of esters is 3. The van der Waals surface area contributed by atoms with Crippen molar-refractivity contribution in [3.63, 3.8) is 0 Å². The first-order valence-electron chi connectivity index (χ1n) is 26.8. The summed E-state index contributed by atoms with van der Waals surface area (Å²) in [4.78, 5) is 38.0. The molecule has 0 heterocycles. The molecule has 2 atom stereocenters. The molecule has 6 nitrogen and oxygen atoms in total. The summed E-state index contributed by atoms with van der Waals surface area (Å²) in [5.41, 5.74) is 0. The number of hydrogen-bond donors (Lipinski definition) is 0. The molecule has 0 radical (unpaired) electrons. The fourth-order valence-corrected chi connectivity index (χ4v) is 8.13. The molecule has 0 rings (SSSR count). The summed E-state index contributed by atoms with van der Waals surface area (Å²) in [6.45, 7) is 11.4. The molecule has 0 saturated heterocycles. The summed E-state index contributed by atoms with van der Waals surface area (Å²) in [6, 6.07) is 0. The summed E-state index contributed by atoms with van der Waals surface area (Å²) >= 11 is 0. The fourth-order valence-electron chi connectivity index (χ4n) is 8.13. The maximum atomic E-state index is 12.8. The van der Waals surface area contributed by atoms with Crippen LogP contribution >= 0.6 is 0 Å². The van der Waals surface area contributed by atoms with Gasteiger partial charge in [-0.15, -0.1) is 0 Å². The molecule has 0 spiro atoms. The van der Waals surface area contributed by atoms with Crippen molar-refractivity contribution in [3.8, 4) is 0 Å². The zero-order valence-corrected chi connectivity index (χ0v) is 41.1. The molecule has 0 fully saturated rings. The topological polar surface area (TPSA) is 78.9 Å². The van der Waals surface area contributed by atoms with Gasteiger partial charge in [0.1, 0.15) is 13.2 Å². The van der Waals surface area contributed by atoms with Crippen LogP contribution < -0.4 is 0 Å². The average molecular weight is 849 g/mol. The highest BCUT2D eigenvalue weighted by atomic mass is 16.6. The summed E-state index contributed by atoms with van der Waals surface area (Å²) in [5, 5.41) is 0. The van der Waals surface area contributed by atoms with Crippen LogP contribution in [0.2, 0.25) is 0 Å². The van der Waals surface area contributed by atoms with E-state index in [4.69, 9.17) is 14.2 Å². The first kappa shape index (κ1) is 58.4. The second-order valence-corrected chi connectivity index (χ2v) is 19.2. The SMILES string of the molecule is CCCCCCCCCCCCCCCCC(=O)OC[C@H](COC(=O)CCCCCCCCCCCCCCCC(C)C)OC(=O)CCCCCCCCCCC(C)CC. The Morgan fingerprint density at radius 1 is 0.350 bits per heavy atom. The van der Waals surface area contributed by atoms with Gasteiger partial charge in [0.25, 0.3) is 0 Å². The minimum atomic E-state index is -0.762. The number of hydrogen-bond acceptors (Lipinski definition) is 6. The van der Waals surface area contributed by atoms with Crippen LogP contribution in [0.3, 0.4) is 0 Å². The van der Waals surface area contributed by atoms with Crippen molar-refractivity contribution in [3.05, 3.63) is 0 Å². The number of rotatable bonds is 48. The predicted molar refractivity (Wildman–Crippen MR) is 256 cm³/mol. The summed E-state index contributed by atoms with van der Waals surface area (Å²) in [6.07, 6.45) is 48.0. The Bertz CT molecular complexity index is 918. The molecular weight excluding hydrogens is 745 g/mol. The monoisotopic (exact) mass is 849 g/mol. The maximum Gasteiger partial charge on any atom is 0.306 e. The van der Waals surface area contributed by atoms with E-state index in [0.717, 1.165) is 69.6 Å². The van der Waals surface area contributed by atoms with E-state index < -0.39 is 6.10 Å². The van der Waals surface area contributed by atoms with E-state index in [1.807, 2.05) is 0 Å². The van der Waals surface area contributed by atoms with Gasteiger partial charge in [-0.3, -0.25) is 14.4 Å². The molecule has 0 aliphatic carbocycles. The van der Waals surface area contributed by atoms with E-state index in [1.54, 1.807) is 0 Å². The Morgan fingerprint density at radius 2 is 0.633 bits per heavy atom. The highest BCUT2D eigenvalue weighted by Crippen LogP contribution is 2.18.